The van der Waals surface area contributed by atoms with Gasteiger partial charge in [-0.3, -0.25) is 5.32 Å². The SMILES string of the molecule is CCOC(=O)c1ccc(NC(=O)ON2CCCCC2)cc1. The fourth-order valence-electron chi connectivity index (χ4n) is 2.12. The van der Waals surface area contributed by atoms with E-state index < -0.39 is 6.09 Å². The van der Waals surface area contributed by atoms with Gasteiger partial charge in [0.15, 0.2) is 0 Å². The van der Waals surface area contributed by atoms with E-state index >= 15 is 0 Å². The van der Waals surface area contributed by atoms with Crippen LogP contribution in [-0.4, -0.2) is 36.8 Å². The van der Waals surface area contributed by atoms with Gasteiger partial charge in [-0.1, -0.05) is 6.42 Å². The molecule has 0 radical (unpaired) electrons. The van der Waals surface area contributed by atoms with Gasteiger partial charge in [-0.2, -0.15) is 0 Å². The summed E-state index contributed by atoms with van der Waals surface area (Å²) in [5, 5.41) is 4.30. The van der Waals surface area contributed by atoms with E-state index in [1.165, 1.54) is 6.42 Å². The van der Waals surface area contributed by atoms with Crippen LogP contribution < -0.4 is 5.32 Å². The zero-order chi connectivity index (χ0) is 15.1. The predicted molar refractivity (Wildman–Crippen MR) is 77.9 cm³/mol. The maximum atomic E-state index is 11.7. The van der Waals surface area contributed by atoms with Crippen LogP contribution in [0.15, 0.2) is 24.3 Å². The van der Waals surface area contributed by atoms with E-state index in [2.05, 4.69) is 5.32 Å². The number of ether oxygens (including phenoxy) is 1. The highest BCUT2D eigenvalue weighted by molar-refractivity contribution is 5.91. The number of hydrogen-bond donors (Lipinski definition) is 1. The third-order valence-electron chi connectivity index (χ3n) is 3.17. The molecule has 114 valence electrons. The number of hydrogen-bond acceptors (Lipinski definition) is 5. The van der Waals surface area contributed by atoms with Gasteiger partial charge in [0.25, 0.3) is 0 Å². The van der Waals surface area contributed by atoms with Crippen LogP contribution in [0.4, 0.5) is 10.5 Å². The van der Waals surface area contributed by atoms with Crippen molar-refractivity contribution in [2.24, 2.45) is 0 Å². The average Bonchev–Trinajstić information content (AvgIpc) is 2.49. The number of hydroxylamine groups is 2. The van der Waals surface area contributed by atoms with Gasteiger partial charge in [0, 0.05) is 18.8 Å². The fraction of sp³-hybridized carbons (Fsp3) is 0.467. The lowest BCUT2D eigenvalue weighted by atomic mass is 10.2. The van der Waals surface area contributed by atoms with Crippen molar-refractivity contribution >= 4 is 17.7 Å². The van der Waals surface area contributed by atoms with Crippen molar-refractivity contribution in [1.29, 1.82) is 0 Å². The van der Waals surface area contributed by atoms with E-state index in [1.807, 2.05) is 0 Å². The Balaban J connectivity index is 1.84. The van der Waals surface area contributed by atoms with Crippen molar-refractivity contribution in [2.75, 3.05) is 25.0 Å². The molecule has 0 unspecified atom stereocenters. The van der Waals surface area contributed by atoms with Crippen LogP contribution in [0.5, 0.6) is 0 Å². The second-order valence-electron chi connectivity index (χ2n) is 4.79. The summed E-state index contributed by atoms with van der Waals surface area (Å²) in [5.41, 5.74) is 1.02. The lowest BCUT2D eigenvalue weighted by Gasteiger charge is -2.24. The summed E-state index contributed by atoms with van der Waals surface area (Å²) in [6.07, 6.45) is 2.75. The fourth-order valence-corrected chi connectivity index (χ4v) is 2.12. The first-order valence-electron chi connectivity index (χ1n) is 7.20. The lowest BCUT2D eigenvalue weighted by Crippen LogP contribution is -2.34. The Bertz CT molecular complexity index is 481. The molecule has 1 amide bonds. The minimum absolute atomic E-state index is 0.334. The molecule has 21 heavy (non-hydrogen) atoms. The molecule has 1 N–H and O–H groups in total. The van der Waals surface area contributed by atoms with Gasteiger partial charge >= 0.3 is 12.1 Å². The van der Waals surface area contributed by atoms with E-state index in [1.54, 1.807) is 36.3 Å². The molecule has 2 rings (SSSR count). The molecule has 1 aliphatic heterocycles. The van der Waals surface area contributed by atoms with Crippen molar-refractivity contribution in [3.63, 3.8) is 0 Å². The average molecular weight is 292 g/mol. The number of carbonyl (C=O) groups is 2. The molecule has 0 aliphatic carbocycles. The molecular formula is C15H20N2O4. The monoisotopic (exact) mass is 292 g/mol. The third-order valence-corrected chi connectivity index (χ3v) is 3.17. The Morgan fingerprint density at radius 2 is 1.81 bits per heavy atom. The van der Waals surface area contributed by atoms with Crippen molar-refractivity contribution in [3.8, 4) is 0 Å². The van der Waals surface area contributed by atoms with Gasteiger partial charge in [0.05, 0.1) is 12.2 Å². The second-order valence-corrected chi connectivity index (χ2v) is 4.79. The second kappa shape index (κ2) is 7.64. The van der Waals surface area contributed by atoms with E-state index in [-0.39, 0.29) is 5.97 Å². The Morgan fingerprint density at radius 1 is 1.14 bits per heavy atom. The van der Waals surface area contributed by atoms with E-state index in [0.717, 1.165) is 25.9 Å². The molecule has 0 bridgehead atoms. The van der Waals surface area contributed by atoms with Gasteiger partial charge < -0.3 is 9.57 Å². The summed E-state index contributed by atoms with van der Waals surface area (Å²) in [6.45, 7) is 3.63. The molecular weight excluding hydrogens is 272 g/mol. The Hall–Kier alpha value is -2.08. The topological polar surface area (TPSA) is 67.9 Å². The van der Waals surface area contributed by atoms with E-state index in [9.17, 15) is 9.59 Å². The summed E-state index contributed by atoms with van der Waals surface area (Å²) in [4.78, 5) is 28.4. The van der Waals surface area contributed by atoms with Crippen LogP contribution in [0.3, 0.4) is 0 Å². The molecule has 0 spiro atoms. The summed E-state index contributed by atoms with van der Waals surface area (Å²) in [5.74, 6) is -0.375. The van der Waals surface area contributed by atoms with Crippen LogP contribution in [0.1, 0.15) is 36.5 Å². The highest BCUT2D eigenvalue weighted by atomic mass is 16.7. The largest absolute Gasteiger partial charge is 0.462 e. The van der Waals surface area contributed by atoms with Crippen LogP contribution in [-0.2, 0) is 9.57 Å². The Labute approximate surface area is 124 Å². The van der Waals surface area contributed by atoms with Gasteiger partial charge in [-0.05, 0) is 44.0 Å². The van der Waals surface area contributed by atoms with Crippen LogP contribution in [0.25, 0.3) is 0 Å². The highest BCUT2D eigenvalue weighted by Crippen LogP contribution is 2.13. The quantitative estimate of drug-likeness (QED) is 0.864. The molecule has 0 aromatic heterocycles. The molecule has 6 heteroatoms. The molecule has 0 atom stereocenters. The summed E-state index contributed by atoms with van der Waals surface area (Å²) in [6, 6.07) is 6.50. The number of benzene rings is 1. The normalized spacial score (nSPS) is 15.3. The number of esters is 1. The van der Waals surface area contributed by atoms with Crippen LogP contribution in [0.2, 0.25) is 0 Å². The third kappa shape index (κ3) is 4.75. The molecule has 1 fully saturated rings. The molecule has 1 aromatic carbocycles. The van der Waals surface area contributed by atoms with E-state index in [4.69, 9.17) is 9.57 Å². The summed E-state index contributed by atoms with van der Waals surface area (Å²) >= 11 is 0. The standard InChI is InChI=1S/C15H20N2O4/c1-2-20-14(18)12-6-8-13(9-7-12)16-15(19)21-17-10-4-3-5-11-17/h6-9H,2-5,10-11H2,1H3,(H,16,19). The molecule has 1 saturated heterocycles. The molecule has 1 heterocycles. The summed E-state index contributed by atoms with van der Waals surface area (Å²) < 4.78 is 4.89. The molecule has 1 aromatic rings. The van der Waals surface area contributed by atoms with Crippen LogP contribution in [0, 0.1) is 0 Å². The first-order chi connectivity index (χ1) is 10.2. The van der Waals surface area contributed by atoms with Gasteiger partial charge in [0.1, 0.15) is 0 Å². The molecule has 1 aliphatic rings. The van der Waals surface area contributed by atoms with Crippen LogP contribution >= 0.6 is 0 Å². The zero-order valence-corrected chi connectivity index (χ0v) is 12.1. The van der Waals surface area contributed by atoms with Crippen molar-refractivity contribution in [3.05, 3.63) is 29.8 Å². The minimum atomic E-state index is -0.513. The molecule has 6 nitrogen and oxygen atoms in total. The summed E-state index contributed by atoms with van der Waals surface area (Å²) in [7, 11) is 0. The first kappa shape index (κ1) is 15.3. The number of amides is 1. The molecule has 0 saturated carbocycles. The Kier molecular flexibility index (Phi) is 5.57. The predicted octanol–water partition coefficient (Wildman–Crippen LogP) is 2.81. The maximum Gasteiger partial charge on any atom is 0.430 e. The number of nitrogens with zero attached hydrogens (tertiary/aromatic N) is 1. The van der Waals surface area contributed by atoms with E-state index in [0.29, 0.717) is 17.9 Å². The lowest BCUT2D eigenvalue weighted by molar-refractivity contribution is -0.105. The number of rotatable bonds is 4. The van der Waals surface area contributed by atoms with Crippen molar-refractivity contribution < 1.29 is 19.2 Å². The number of anilines is 1. The zero-order valence-electron chi connectivity index (χ0n) is 12.1. The number of carbonyl (C=O) groups excluding carboxylic acids is 2. The minimum Gasteiger partial charge on any atom is -0.462 e. The maximum absolute atomic E-state index is 11.7. The van der Waals surface area contributed by atoms with Gasteiger partial charge in [-0.15, -0.1) is 5.06 Å². The van der Waals surface area contributed by atoms with Gasteiger partial charge in [0.2, 0.25) is 0 Å². The van der Waals surface area contributed by atoms with Gasteiger partial charge in [-0.25, -0.2) is 9.59 Å². The van der Waals surface area contributed by atoms with Crippen molar-refractivity contribution in [1.82, 2.24) is 5.06 Å². The van der Waals surface area contributed by atoms with Crippen molar-refractivity contribution in [2.45, 2.75) is 26.2 Å². The first-order valence-corrected chi connectivity index (χ1v) is 7.20. The Morgan fingerprint density at radius 3 is 2.43 bits per heavy atom. The number of piperidine rings is 1. The number of nitrogens with one attached hydrogen (secondary N) is 1. The smallest absolute Gasteiger partial charge is 0.430 e. The highest BCUT2D eigenvalue weighted by Gasteiger charge is 2.15.